The molecule has 0 heterocycles. The van der Waals surface area contributed by atoms with Gasteiger partial charge in [-0.05, 0) is 11.9 Å². The minimum Gasteiger partial charge on any atom is -0.0622 e. The fourth-order valence-corrected chi connectivity index (χ4v) is 0.521. The molecule has 0 bridgehead atoms. The maximum Gasteiger partial charge on any atom is 0.0313 e. The molecule has 0 fully saturated rings. The first-order chi connectivity index (χ1) is 5.86. The summed E-state index contributed by atoms with van der Waals surface area (Å²) in [5.74, 6) is 0. The van der Waals surface area contributed by atoms with Crippen LogP contribution in [0.25, 0.3) is 0 Å². The molecule has 0 unspecified atom stereocenters. The fraction of sp³-hybridized carbons (Fsp3) is 0.250. The van der Waals surface area contributed by atoms with Gasteiger partial charge in [0.15, 0.2) is 0 Å². The summed E-state index contributed by atoms with van der Waals surface area (Å²) >= 11 is 0. The SMILES string of the molecule is [2H]C([2H])([2H])C([2H])([2H])c1ccccc1. The third-order valence-electron chi connectivity index (χ3n) is 0.918. The average molecular weight is 111 g/mol. The number of rotatable bonds is 1. The Morgan fingerprint density at radius 3 is 2.88 bits per heavy atom. The molecule has 0 N–H and O–H groups in total. The van der Waals surface area contributed by atoms with Crippen molar-refractivity contribution in [3.8, 4) is 0 Å². The minimum absolute atomic E-state index is 0.190. The Morgan fingerprint density at radius 1 is 1.50 bits per heavy atom. The summed E-state index contributed by atoms with van der Waals surface area (Å²) in [5.41, 5.74) is 0.190. The van der Waals surface area contributed by atoms with Gasteiger partial charge in [0.1, 0.15) is 0 Å². The second-order valence-corrected chi connectivity index (χ2v) is 1.49. The summed E-state index contributed by atoms with van der Waals surface area (Å²) in [7, 11) is 0. The highest BCUT2D eigenvalue weighted by atomic mass is 13.9. The van der Waals surface area contributed by atoms with Gasteiger partial charge in [0.25, 0.3) is 0 Å². The highest BCUT2D eigenvalue weighted by molar-refractivity contribution is 5.13. The predicted molar refractivity (Wildman–Crippen MR) is 35.8 cm³/mol. The molecule has 8 heavy (non-hydrogen) atoms. The van der Waals surface area contributed by atoms with Crippen molar-refractivity contribution in [1.29, 1.82) is 0 Å². The minimum atomic E-state index is -2.62. The van der Waals surface area contributed by atoms with Crippen molar-refractivity contribution < 1.29 is 6.85 Å². The van der Waals surface area contributed by atoms with Crippen molar-refractivity contribution in [3.63, 3.8) is 0 Å². The van der Waals surface area contributed by atoms with Gasteiger partial charge >= 0.3 is 0 Å². The highest BCUT2D eigenvalue weighted by Crippen LogP contribution is 1.96. The molecule has 0 spiro atoms. The van der Waals surface area contributed by atoms with E-state index in [0.29, 0.717) is 0 Å². The fourth-order valence-electron chi connectivity index (χ4n) is 0.521. The Hall–Kier alpha value is -0.780. The van der Waals surface area contributed by atoms with E-state index in [1.54, 1.807) is 18.2 Å². The van der Waals surface area contributed by atoms with Gasteiger partial charge in [-0.2, -0.15) is 0 Å². The molecule has 0 heteroatoms. The summed E-state index contributed by atoms with van der Waals surface area (Å²) in [6, 6.07) is 7.93. The molecule has 0 aliphatic heterocycles. The summed E-state index contributed by atoms with van der Waals surface area (Å²) in [6.07, 6.45) is -2.27. The van der Waals surface area contributed by atoms with Crippen molar-refractivity contribution in [1.82, 2.24) is 0 Å². The molecule has 0 amide bonds. The third-order valence-corrected chi connectivity index (χ3v) is 0.918. The van der Waals surface area contributed by atoms with Crippen LogP contribution in [0.3, 0.4) is 0 Å². The van der Waals surface area contributed by atoms with E-state index >= 15 is 0 Å². The molecule has 1 rings (SSSR count). The first-order valence-electron chi connectivity index (χ1n) is 4.91. The molecule has 0 atom stereocenters. The van der Waals surface area contributed by atoms with Crippen LogP contribution in [0.5, 0.6) is 0 Å². The van der Waals surface area contributed by atoms with E-state index < -0.39 is 13.2 Å². The van der Waals surface area contributed by atoms with E-state index in [1.807, 2.05) is 0 Å². The normalized spacial score (nSPS) is 21.8. The van der Waals surface area contributed by atoms with Gasteiger partial charge in [-0.25, -0.2) is 0 Å². The summed E-state index contributed by atoms with van der Waals surface area (Å²) < 4.78 is 35.9. The van der Waals surface area contributed by atoms with Gasteiger partial charge in [0, 0.05) is 6.85 Å². The van der Waals surface area contributed by atoms with Crippen LogP contribution in [0, 0.1) is 0 Å². The Balaban J connectivity index is 3.08. The summed E-state index contributed by atoms with van der Waals surface area (Å²) in [6.45, 7) is -2.62. The van der Waals surface area contributed by atoms with Crippen LogP contribution >= 0.6 is 0 Å². The van der Waals surface area contributed by atoms with Crippen LogP contribution in [-0.2, 0) is 6.37 Å². The largest absolute Gasteiger partial charge is 0.0622 e. The van der Waals surface area contributed by atoms with E-state index in [9.17, 15) is 0 Å². The monoisotopic (exact) mass is 111 g/mol. The zero-order chi connectivity index (χ0) is 10.1. The second kappa shape index (κ2) is 2.51. The van der Waals surface area contributed by atoms with Crippen LogP contribution in [-0.4, -0.2) is 0 Å². The van der Waals surface area contributed by atoms with Crippen molar-refractivity contribution in [2.24, 2.45) is 0 Å². The Bertz CT molecular complexity index is 274. The van der Waals surface area contributed by atoms with Crippen LogP contribution in [0.4, 0.5) is 0 Å². The molecule has 0 aliphatic carbocycles. The first-order valence-corrected chi connectivity index (χ1v) is 2.41. The molecule has 42 valence electrons. The number of aryl methyl sites for hydroxylation is 1. The molecule has 0 saturated heterocycles. The molecule has 0 aromatic heterocycles. The van der Waals surface area contributed by atoms with Crippen LogP contribution in [0.15, 0.2) is 30.3 Å². The molecule has 1 aromatic carbocycles. The topological polar surface area (TPSA) is 0 Å². The van der Waals surface area contributed by atoms with Crippen LogP contribution < -0.4 is 0 Å². The molecule has 0 saturated carbocycles. The lowest BCUT2D eigenvalue weighted by Gasteiger charge is -1.89. The van der Waals surface area contributed by atoms with E-state index in [0.717, 1.165) is 0 Å². The lowest BCUT2D eigenvalue weighted by Crippen LogP contribution is -1.73. The molecule has 0 nitrogen and oxygen atoms in total. The standard InChI is InChI=1S/C8H10/c1-2-8-6-4-3-5-7-8/h3-7H,2H2,1H3/i1D3,2D2. The van der Waals surface area contributed by atoms with Crippen molar-refractivity contribution >= 4 is 0 Å². The maximum absolute atomic E-state index is 7.42. The third kappa shape index (κ3) is 1.09. The van der Waals surface area contributed by atoms with E-state index in [1.165, 1.54) is 12.1 Å². The summed E-state index contributed by atoms with van der Waals surface area (Å²) in [4.78, 5) is 0. The zero-order valence-corrected chi connectivity index (χ0v) is 4.39. The molecule has 1 aromatic rings. The number of hydrogen-bond acceptors (Lipinski definition) is 0. The van der Waals surface area contributed by atoms with Crippen LogP contribution in [0.2, 0.25) is 0 Å². The Morgan fingerprint density at radius 2 is 2.25 bits per heavy atom. The van der Waals surface area contributed by atoms with Crippen molar-refractivity contribution in [3.05, 3.63) is 35.9 Å². The van der Waals surface area contributed by atoms with Gasteiger partial charge < -0.3 is 0 Å². The maximum atomic E-state index is 7.42. The van der Waals surface area contributed by atoms with Gasteiger partial charge in [-0.15, -0.1) is 0 Å². The van der Waals surface area contributed by atoms with Gasteiger partial charge in [0.2, 0.25) is 0 Å². The van der Waals surface area contributed by atoms with Gasteiger partial charge in [0.05, 0.1) is 0 Å². The number of benzene rings is 1. The summed E-state index contributed by atoms with van der Waals surface area (Å²) in [5, 5.41) is 0. The Labute approximate surface area is 57.2 Å². The molecule has 0 aliphatic rings. The van der Waals surface area contributed by atoms with Gasteiger partial charge in [-0.1, -0.05) is 37.2 Å². The first kappa shape index (κ1) is 1.87. The smallest absolute Gasteiger partial charge is 0.0313 e. The van der Waals surface area contributed by atoms with Crippen LogP contribution in [0.1, 0.15) is 19.3 Å². The van der Waals surface area contributed by atoms with Gasteiger partial charge in [-0.3, -0.25) is 0 Å². The van der Waals surface area contributed by atoms with E-state index in [4.69, 9.17) is 6.85 Å². The predicted octanol–water partition coefficient (Wildman–Crippen LogP) is 2.25. The van der Waals surface area contributed by atoms with Crippen molar-refractivity contribution in [2.75, 3.05) is 0 Å². The molecular formula is C8H10. The van der Waals surface area contributed by atoms with E-state index in [-0.39, 0.29) is 5.56 Å². The average Bonchev–Trinajstić information content (AvgIpc) is 2.04. The number of hydrogen-bond donors (Lipinski definition) is 0. The quantitative estimate of drug-likeness (QED) is 0.521. The molecule has 0 radical (unpaired) electrons. The molecular weight excluding hydrogens is 96.1 g/mol. The van der Waals surface area contributed by atoms with E-state index in [2.05, 4.69) is 0 Å². The highest BCUT2D eigenvalue weighted by Gasteiger charge is 1.79. The Kier molecular flexibility index (Phi) is 0.587. The lowest BCUT2D eigenvalue weighted by atomic mass is 10.2. The van der Waals surface area contributed by atoms with Crippen molar-refractivity contribution in [2.45, 2.75) is 13.2 Å². The lowest BCUT2D eigenvalue weighted by molar-refractivity contribution is 1.14. The zero-order valence-electron chi connectivity index (χ0n) is 9.39. The second-order valence-electron chi connectivity index (χ2n) is 1.49.